The first-order valence-electron chi connectivity index (χ1n) is 7.09. The Balaban J connectivity index is 1.89. The van der Waals surface area contributed by atoms with E-state index in [4.69, 9.17) is 14.9 Å². The van der Waals surface area contributed by atoms with E-state index >= 15 is 0 Å². The summed E-state index contributed by atoms with van der Waals surface area (Å²) in [7, 11) is 0. The van der Waals surface area contributed by atoms with Crippen LogP contribution in [0.5, 0.6) is 0 Å². The number of primary amides is 1. The summed E-state index contributed by atoms with van der Waals surface area (Å²) in [6, 6.07) is 4.79. The molecule has 0 aliphatic heterocycles. The topological polar surface area (TPSA) is 126 Å². The molecule has 9 nitrogen and oxygen atoms in total. The van der Waals surface area contributed by atoms with Gasteiger partial charge in [-0.15, -0.1) is 0 Å². The number of nitrogens with zero attached hydrogens (tertiary/aromatic N) is 3. The highest BCUT2D eigenvalue weighted by Gasteiger charge is 2.19. The molecular formula is C15H14N4O5. The van der Waals surface area contributed by atoms with Crippen LogP contribution in [0.3, 0.4) is 0 Å². The summed E-state index contributed by atoms with van der Waals surface area (Å²) in [5.74, 6) is -0.541. The Kier molecular flexibility index (Phi) is 4.25. The lowest BCUT2D eigenvalue weighted by atomic mass is 10.1. The normalized spacial score (nSPS) is 11.0. The first-order valence-corrected chi connectivity index (χ1v) is 7.09. The molecule has 0 aliphatic rings. The first kappa shape index (κ1) is 15.7. The van der Waals surface area contributed by atoms with Crippen LogP contribution in [-0.2, 0) is 16.1 Å². The zero-order valence-electron chi connectivity index (χ0n) is 12.5. The number of nitrogens with two attached hydrogens (primary N) is 1. The second-order valence-electron chi connectivity index (χ2n) is 5.11. The Morgan fingerprint density at radius 2 is 2.29 bits per heavy atom. The van der Waals surface area contributed by atoms with Crippen molar-refractivity contribution in [3.63, 3.8) is 0 Å². The average molecular weight is 330 g/mol. The smallest absolute Gasteiger partial charge is 0.278 e. The van der Waals surface area contributed by atoms with Gasteiger partial charge in [0, 0.05) is 23.2 Å². The van der Waals surface area contributed by atoms with Crippen molar-refractivity contribution in [2.24, 2.45) is 5.73 Å². The summed E-state index contributed by atoms with van der Waals surface area (Å²) in [5.41, 5.74) is 6.64. The predicted octanol–water partition coefficient (Wildman–Crippen LogP) is 1.71. The number of hydrogen-bond acceptors (Lipinski definition) is 6. The molecule has 1 amide bonds. The van der Waals surface area contributed by atoms with Gasteiger partial charge in [0.25, 0.3) is 5.69 Å². The second-order valence-corrected chi connectivity index (χ2v) is 5.11. The van der Waals surface area contributed by atoms with Gasteiger partial charge in [-0.25, -0.2) is 0 Å². The largest absolute Gasteiger partial charge is 0.472 e. The van der Waals surface area contributed by atoms with E-state index in [1.54, 1.807) is 23.0 Å². The number of nitro groups is 1. The van der Waals surface area contributed by atoms with Gasteiger partial charge in [-0.05, 0) is 12.1 Å². The number of carbonyl (C=O) groups is 1. The Morgan fingerprint density at radius 3 is 2.96 bits per heavy atom. The van der Waals surface area contributed by atoms with Gasteiger partial charge in [-0.3, -0.25) is 19.6 Å². The minimum absolute atomic E-state index is 0.0200. The van der Waals surface area contributed by atoms with E-state index < -0.39 is 10.8 Å². The van der Waals surface area contributed by atoms with Crippen molar-refractivity contribution >= 4 is 22.5 Å². The van der Waals surface area contributed by atoms with E-state index in [2.05, 4.69) is 5.10 Å². The van der Waals surface area contributed by atoms with E-state index in [1.807, 2.05) is 0 Å². The van der Waals surface area contributed by atoms with Gasteiger partial charge in [0.1, 0.15) is 6.61 Å². The van der Waals surface area contributed by atoms with Crippen LogP contribution in [0.4, 0.5) is 5.69 Å². The van der Waals surface area contributed by atoms with Crippen molar-refractivity contribution in [2.45, 2.75) is 6.54 Å². The van der Waals surface area contributed by atoms with Crippen molar-refractivity contribution in [3.05, 3.63) is 47.0 Å². The number of furan rings is 1. The summed E-state index contributed by atoms with van der Waals surface area (Å²) >= 11 is 0. The summed E-state index contributed by atoms with van der Waals surface area (Å²) in [6.07, 6.45) is 4.59. The molecule has 2 N–H and O–H groups in total. The maximum Gasteiger partial charge on any atom is 0.278 e. The summed E-state index contributed by atoms with van der Waals surface area (Å²) in [5, 5.41) is 16.3. The van der Waals surface area contributed by atoms with Crippen molar-refractivity contribution in [2.75, 3.05) is 13.2 Å². The van der Waals surface area contributed by atoms with E-state index in [9.17, 15) is 14.9 Å². The number of amides is 1. The van der Waals surface area contributed by atoms with Crippen molar-refractivity contribution in [1.82, 2.24) is 9.78 Å². The van der Waals surface area contributed by atoms with E-state index in [0.717, 1.165) is 0 Å². The van der Waals surface area contributed by atoms with Gasteiger partial charge < -0.3 is 14.9 Å². The maximum absolute atomic E-state index is 11.3. The molecule has 3 aromatic rings. The highest BCUT2D eigenvalue weighted by molar-refractivity contribution is 5.89. The van der Waals surface area contributed by atoms with E-state index in [-0.39, 0.29) is 18.9 Å². The number of rotatable bonds is 7. The summed E-state index contributed by atoms with van der Waals surface area (Å²) in [4.78, 5) is 21.5. The molecule has 0 bridgehead atoms. The lowest BCUT2D eigenvalue weighted by Crippen LogP contribution is -2.19. The monoisotopic (exact) mass is 330 g/mol. The van der Waals surface area contributed by atoms with Crippen molar-refractivity contribution < 1.29 is 18.9 Å². The summed E-state index contributed by atoms with van der Waals surface area (Å²) in [6.45, 7) is 0.501. The van der Waals surface area contributed by atoms with Gasteiger partial charge in [-0.2, -0.15) is 5.10 Å². The standard InChI is InChI=1S/C15H14N4O5/c16-15(20)9-24-4-2-18-7-11-5-14(19(21)22)12(6-13(11)17-18)10-1-3-23-8-10/h1,3,5-8H,2,4,9H2,(H2,16,20). The number of aromatic nitrogens is 2. The molecule has 9 heteroatoms. The fourth-order valence-electron chi connectivity index (χ4n) is 2.36. The van der Waals surface area contributed by atoms with Gasteiger partial charge in [0.2, 0.25) is 5.91 Å². The summed E-state index contributed by atoms with van der Waals surface area (Å²) < 4.78 is 11.7. The van der Waals surface area contributed by atoms with Crippen LogP contribution in [0.25, 0.3) is 22.0 Å². The Bertz CT molecular complexity index is 885. The molecule has 1 aromatic carbocycles. The van der Waals surface area contributed by atoms with E-state index in [1.165, 1.54) is 18.6 Å². The number of ether oxygens (including phenoxy) is 1. The SMILES string of the molecule is NC(=O)COCCn1cc2cc([N+](=O)[O-])c(-c3ccoc3)cc2n1. The number of fused-ring (bicyclic) bond motifs is 1. The fraction of sp³-hybridized carbons (Fsp3) is 0.200. The first-order chi connectivity index (χ1) is 11.5. The Labute approximate surface area is 135 Å². The molecule has 24 heavy (non-hydrogen) atoms. The van der Waals surface area contributed by atoms with Crippen LogP contribution in [-0.4, -0.2) is 33.8 Å². The second kappa shape index (κ2) is 6.50. The molecule has 0 radical (unpaired) electrons. The number of carbonyl (C=O) groups excluding carboxylic acids is 1. The maximum atomic E-state index is 11.3. The van der Waals surface area contributed by atoms with Crippen LogP contribution >= 0.6 is 0 Å². The van der Waals surface area contributed by atoms with Crippen molar-refractivity contribution in [3.8, 4) is 11.1 Å². The average Bonchev–Trinajstić information content (AvgIpc) is 3.18. The third kappa shape index (κ3) is 3.25. The predicted molar refractivity (Wildman–Crippen MR) is 84.1 cm³/mol. The number of hydrogen-bond donors (Lipinski definition) is 1. The van der Waals surface area contributed by atoms with Crippen LogP contribution in [0.2, 0.25) is 0 Å². The molecule has 0 unspecified atom stereocenters. The molecule has 2 aromatic heterocycles. The Morgan fingerprint density at radius 1 is 1.46 bits per heavy atom. The molecular weight excluding hydrogens is 316 g/mol. The minimum Gasteiger partial charge on any atom is -0.472 e. The number of nitro benzene ring substituents is 1. The molecule has 3 rings (SSSR count). The zero-order chi connectivity index (χ0) is 17.1. The molecule has 0 saturated carbocycles. The van der Waals surface area contributed by atoms with Crippen LogP contribution in [0, 0.1) is 10.1 Å². The lowest BCUT2D eigenvalue weighted by molar-refractivity contribution is -0.384. The molecule has 0 saturated heterocycles. The molecule has 0 spiro atoms. The number of benzene rings is 1. The minimum atomic E-state index is -0.541. The Hall–Kier alpha value is -3.20. The van der Waals surface area contributed by atoms with Gasteiger partial charge in [-0.1, -0.05) is 0 Å². The third-order valence-electron chi connectivity index (χ3n) is 3.41. The van der Waals surface area contributed by atoms with Crippen LogP contribution in [0.15, 0.2) is 41.3 Å². The van der Waals surface area contributed by atoms with Gasteiger partial charge in [0.05, 0.1) is 41.7 Å². The third-order valence-corrected chi connectivity index (χ3v) is 3.41. The fourth-order valence-corrected chi connectivity index (χ4v) is 2.36. The van der Waals surface area contributed by atoms with Crippen LogP contribution < -0.4 is 5.73 Å². The van der Waals surface area contributed by atoms with Crippen LogP contribution in [0.1, 0.15) is 0 Å². The molecule has 124 valence electrons. The van der Waals surface area contributed by atoms with Gasteiger partial charge >= 0.3 is 0 Å². The van der Waals surface area contributed by atoms with Crippen molar-refractivity contribution in [1.29, 1.82) is 0 Å². The quantitative estimate of drug-likeness (QED) is 0.399. The lowest BCUT2D eigenvalue weighted by Gasteiger charge is -2.01. The molecule has 0 aliphatic carbocycles. The van der Waals surface area contributed by atoms with Gasteiger partial charge in [0.15, 0.2) is 0 Å². The zero-order valence-corrected chi connectivity index (χ0v) is 12.5. The highest BCUT2D eigenvalue weighted by Crippen LogP contribution is 2.33. The molecule has 2 heterocycles. The van der Waals surface area contributed by atoms with E-state index in [0.29, 0.717) is 28.6 Å². The molecule has 0 fully saturated rings. The highest BCUT2D eigenvalue weighted by atomic mass is 16.6. The molecule has 0 atom stereocenters.